The number of benzene rings is 2. The first-order valence-electron chi connectivity index (χ1n) is 12.1. The maximum absolute atomic E-state index is 13.2. The Bertz CT molecular complexity index is 1070. The van der Waals surface area contributed by atoms with E-state index in [0.717, 1.165) is 31.2 Å². The molecule has 1 aliphatic carbocycles. The second-order valence-electron chi connectivity index (χ2n) is 9.16. The van der Waals surface area contributed by atoms with Gasteiger partial charge in [0, 0.05) is 5.56 Å². The van der Waals surface area contributed by atoms with Crippen LogP contribution >= 0.6 is 0 Å². The van der Waals surface area contributed by atoms with Crippen LogP contribution in [0.2, 0.25) is 0 Å². The minimum atomic E-state index is -0.407. The maximum atomic E-state index is 13.2. The van der Waals surface area contributed by atoms with E-state index >= 15 is 0 Å². The zero-order valence-electron chi connectivity index (χ0n) is 19.8. The summed E-state index contributed by atoms with van der Waals surface area (Å²) in [5, 5.41) is 3.19. The van der Waals surface area contributed by atoms with E-state index in [9.17, 15) is 9.59 Å². The van der Waals surface area contributed by atoms with Crippen LogP contribution in [0, 0.1) is 0 Å². The number of nitrogens with zero attached hydrogens (tertiary/aromatic N) is 2. The highest BCUT2D eigenvalue weighted by atomic mass is 16.2. The Morgan fingerprint density at radius 1 is 1.18 bits per heavy atom. The van der Waals surface area contributed by atoms with Gasteiger partial charge in [-0.2, -0.15) is 0 Å². The summed E-state index contributed by atoms with van der Waals surface area (Å²) in [7, 11) is 0. The Kier molecular flexibility index (Phi) is 6.54. The Hall–Kier alpha value is -3.15. The molecule has 33 heavy (non-hydrogen) atoms. The van der Waals surface area contributed by atoms with Crippen LogP contribution < -0.4 is 11.1 Å². The van der Waals surface area contributed by atoms with Gasteiger partial charge in [-0.3, -0.25) is 14.5 Å². The highest BCUT2D eigenvalue weighted by Gasteiger charge is 2.40. The first-order valence-corrected chi connectivity index (χ1v) is 12.1. The van der Waals surface area contributed by atoms with E-state index in [0.29, 0.717) is 18.4 Å². The minimum Gasteiger partial charge on any atom is -0.369 e. The second kappa shape index (κ2) is 9.38. The summed E-state index contributed by atoms with van der Waals surface area (Å²) in [5.41, 5.74) is 9.92. The van der Waals surface area contributed by atoms with Crippen LogP contribution in [-0.4, -0.2) is 28.2 Å². The fourth-order valence-corrected chi connectivity index (χ4v) is 5.23. The normalized spacial score (nSPS) is 20.2. The van der Waals surface area contributed by atoms with Crippen molar-refractivity contribution in [3.8, 4) is 0 Å². The zero-order valence-corrected chi connectivity index (χ0v) is 19.8. The first-order chi connectivity index (χ1) is 15.9. The molecule has 0 saturated heterocycles. The average Bonchev–Trinajstić information content (AvgIpc) is 3.24. The quantitative estimate of drug-likeness (QED) is 0.648. The summed E-state index contributed by atoms with van der Waals surface area (Å²) in [6.45, 7) is 6.12. The summed E-state index contributed by atoms with van der Waals surface area (Å²) >= 11 is 0. The standard InChI is InChI=1S/C27H34N4O2/c1-4-23(31-24(32)17-27(5-2,6-3)30-26(31)28)19-11-9-12-20(16-19)25(33)29-22-15-14-18-10-7-8-13-21(18)22/h7-13,16,22-23H,4-6,14-15,17H2,1-3H3,(H2,28,30)(H,29,33)/t22-,23?/m0/s1. The van der Waals surface area contributed by atoms with E-state index in [1.807, 2.05) is 57.2 Å². The minimum absolute atomic E-state index is 0.00420. The van der Waals surface area contributed by atoms with Crippen LogP contribution in [0.5, 0.6) is 0 Å². The van der Waals surface area contributed by atoms with Crippen LogP contribution in [0.1, 0.15) is 92.0 Å². The van der Waals surface area contributed by atoms with Crippen LogP contribution in [0.25, 0.3) is 0 Å². The van der Waals surface area contributed by atoms with E-state index in [2.05, 4.69) is 17.4 Å². The molecule has 0 radical (unpaired) electrons. The summed E-state index contributed by atoms with van der Waals surface area (Å²) in [4.78, 5) is 32.6. The number of carbonyl (C=O) groups excluding carboxylic acids is 2. The van der Waals surface area contributed by atoms with Gasteiger partial charge in [0.15, 0.2) is 5.96 Å². The monoisotopic (exact) mass is 446 g/mol. The van der Waals surface area contributed by atoms with Gasteiger partial charge < -0.3 is 11.1 Å². The average molecular weight is 447 g/mol. The molecule has 1 aliphatic heterocycles. The fourth-order valence-electron chi connectivity index (χ4n) is 5.23. The number of hydrogen-bond acceptors (Lipinski definition) is 4. The molecule has 2 atom stereocenters. The molecule has 4 rings (SSSR count). The van der Waals surface area contributed by atoms with Gasteiger partial charge in [-0.1, -0.05) is 57.2 Å². The van der Waals surface area contributed by atoms with Crippen molar-refractivity contribution in [1.82, 2.24) is 10.2 Å². The van der Waals surface area contributed by atoms with Crippen LogP contribution in [0.4, 0.5) is 0 Å². The van der Waals surface area contributed by atoms with Crippen molar-refractivity contribution in [2.75, 3.05) is 0 Å². The van der Waals surface area contributed by atoms with Gasteiger partial charge in [-0.25, -0.2) is 4.99 Å². The Balaban J connectivity index is 1.56. The second-order valence-corrected chi connectivity index (χ2v) is 9.16. The molecule has 1 heterocycles. The van der Waals surface area contributed by atoms with Gasteiger partial charge in [0.2, 0.25) is 5.91 Å². The lowest BCUT2D eigenvalue weighted by molar-refractivity contribution is -0.131. The van der Waals surface area contributed by atoms with E-state index in [1.54, 1.807) is 4.90 Å². The van der Waals surface area contributed by atoms with Gasteiger partial charge in [0.25, 0.3) is 5.91 Å². The fraction of sp³-hybridized carbons (Fsp3) is 0.444. The Morgan fingerprint density at radius 3 is 2.64 bits per heavy atom. The number of carbonyl (C=O) groups is 2. The lowest BCUT2D eigenvalue weighted by Gasteiger charge is -2.40. The molecule has 0 saturated carbocycles. The zero-order chi connectivity index (χ0) is 23.6. The number of fused-ring (bicyclic) bond motifs is 1. The van der Waals surface area contributed by atoms with E-state index in [4.69, 9.17) is 10.7 Å². The molecule has 3 N–H and O–H groups in total. The van der Waals surface area contributed by atoms with Crippen molar-refractivity contribution in [2.45, 2.75) is 76.9 Å². The maximum Gasteiger partial charge on any atom is 0.251 e. The molecular formula is C27H34N4O2. The van der Waals surface area contributed by atoms with Crippen molar-refractivity contribution in [2.24, 2.45) is 10.7 Å². The van der Waals surface area contributed by atoms with E-state index in [1.165, 1.54) is 11.1 Å². The van der Waals surface area contributed by atoms with Crippen molar-refractivity contribution in [1.29, 1.82) is 0 Å². The SMILES string of the molecule is CCC(c1cccc(C(=O)N[C@H]2CCc3ccccc32)c1)N1C(=O)CC(CC)(CC)N=C1N. The molecule has 174 valence electrons. The highest BCUT2D eigenvalue weighted by Crippen LogP contribution is 2.35. The van der Waals surface area contributed by atoms with Crippen LogP contribution in [0.3, 0.4) is 0 Å². The first kappa shape index (κ1) is 23.0. The predicted octanol–water partition coefficient (Wildman–Crippen LogP) is 4.66. The third-order valence-electron chi connectivity index (χ3n) is 7.33. The molecule has 2 aliphatic rings. The third kappa shape index (κ3) is 4.39. The molecule has 0 spiro atoms. The summed E-state index contributed by atoms with van der Waals surface area (Å²) in [6, 6.07) is 15.6. The smallest absolute Gasteiger partial charge is 0.251 e. The number of amides is 2. The Morgan fingerprint density at radius 2 is 1.94 bits per heavy atom. The number of aryl methyl sites for hydroxylation is 1. The lowest BCUT2D eigenvalue weighted by atomic mass is 9.87. The van der Waals surface area contributed by atoms with Crippen molar-refractivity contribution in [3.05, 3.63) is 70.8 Å². The molecular weight excluding hydrogens is 412 g/mol. The van der Waals surface area contributed by atoms with Crippen molar-refractivity contribution in [3.63, 3.8) is 0 Å². The molecule has 6 heteroatoms. The van der Waals surface area contributed by atoms with Crippen molar-refractivity contribution >= 4 is 17.8 Å². The number of nitrogens with one attached hydrogen (secondary N) is 1. The van der Waals surface area contributed by atoms with Gasteiger partial charge in [0.1, 0.15) is 0 Å². The molecule has 6 nitrogen and oxygen atoms in total. The molecule has 2 aromatic carbocycles. The molecule has 0 fully saturated rings. The van der Waals surface area contributed by atoms with Gasteiger partial charge >= 0.3 is 0 Å². The topological polar surface area (TPSA) is 87.8 Å². The summed E-state index contributed by atoms with van der Waals surface area (Å²) < 4.78 is 0. The molecule has 0 aromatic heterocycles. The summed E-state index contributed by atoms with van der Waals surface area (Å²) in [5.74, 6) is 0.172. The largest absolute Gasteiger partial charge is 0.369 e. The molecule has 0 bridgehead atoms. The van der Waals surface area contributed by atoms with E-state index < -0.39 is 5.54 Å². The third-order valence-corrected chi connectivity index (χ3v) is 7.33. The summed E-state index contributed by atoms with van der Waals surface area (Å²) in [6.07, 6.45) is 4.48. The number of aliphatic imine (C=N–C) groups is 1. The molecule has 2 aromatic rings. The molecule has 1 unspecified atom stereocenters. The van der Waals surface area contributed by atoms with E-state index in [-0.39, 0.29) is 29.9 Å². The van der Waals surface area contributed by atoms with Crippen LogP contribution in [0.15, 0.2) is 53.5 Å². The lowest BCUT2D eigenvalue weighted by Crippen LogP contribution is -2.52. The highest BCUT2D eigenvalue weighted by molar-refractivity contribution is 6.00. The van der Waals surface area contributed by atoms with Crippen LogP contribution in [-0.2, 0) is 11.2 Å². The van der Waals surface area contributed by atoms with Gasteiger partial charge in [-0.15, -0.1) is 0 Å². The van der Waals surface area contributed by atoms with Gasteiger partial charge in [0.05, 0.1) is 24.0 Å². The molecule has 2 amide bonds. The number of hydrogen-bond donors (Lipinski definition) is 2. The number of rotatable bonds is 7. The van der Waals surface area contributed by atoms with Gasteiger partial charge in [-0.05, 0) is 60.9 Å². The Labute approximate surface area is 196 Å². The predicted molar refractivity (Wildman–Crippen MR) is 131 cm³/mol. The van der Waals surface area contributed by atoms with Crippen molar-refractivity contribution < 1.29 is 9.59 Å². The number of nitrogens with two attached hydrogens (primary N) is 1. The number of guanidine groups is 1.